The summed E-state index contributed by atoms with van der Waals surface area (Å²) in [6.07, 6.45) is 6.31. The molecule has 1 aromatic rings. The Bertz CT molecular complexity index is 655. The van der Waals surface area contributed by atoms with Gasteiger partial charge in [0.1, 0.15) is 11.6 Å². The quantitative estimate of drug-likeness (QED) is 0.537. The third-order valence-electron chi connectivity index (χ3n) is 5.64. The van der Waals surface area contributed by atoms with Crippen LogP contribution in [0.1, 0.15) is 46.0 Å². The molecule has 29 heavy (non-hydrogen) atoms. The van der Waals surface area contributed by atoms with Crippen LogP contribution in [0.2, 0.25) is 0 Å². The normalized spacial score (nSPS) is 22.9. The molecule has 2 saturated heterocycles. The van der Waals surface area contributed by atoms with Crippen LogP contribution in [-0.4, -0.2) is 61.5 Å². The van der Waals surface area contributed by atoms with Crippen molar-refractivity contribution in [2.24, 2.45) is 11.8 Å². The second-order valence-corrected chi connectivity index (χ2v) is 8.94. The van der Waals surface area contributed by atoms with E-state index in [4.69, 9.17) is 26.9 Å². The average Bonchev–Trinajstić information content (AvgIpc) is 2.97. The van der Waals surface area contributed by atoms with Crippen molar-refractivity contribution in [2.75, 3.05) is 61.6 Å². The SMILES string of the molecule is COCCNC(=S)Nc1nc(N2CCCCCC2)cc(N2C[C@@H](C)C[C@H](C)C2)n1. The zero-order chi connectivity index (χ0) is 20.6. The lowest BCUT2D eigenvalue weighted by molar-refractivity contribution is 0.204. The van der Waals surface area contributed by atoms with E-state index in [-0.39, 0.29) is 0 Å². The molecule has 0 aromatic carbocycles. The van der Waals surface area contributed by atoms with Crippen molar-refractivity contribution in [1.29, 1.82) is 0 Å². The van der Waals surface area contributed by atoms with Crippen LogP contribution in [0.25, 0.3) is 0 Å². The Kier molecular flexibility index (Phi) is 8.29. The molecular formula is C21H36N6OS. The van der Waals surface area contributed by atoms with Crippen molar-refractivity contribution in [3.63, 3.8) is 0 Å². The van der Waals surface area contributed by atoms with Crippen LogP contribution in [0.4, 0.5) is 17.6 Å². The molecule has 0 saturated carbocycles. The number of thiocarbonyl (C=S) groups is 1. The summed E-state index contributed by atoms with van der Waals surface area (Å²) in [6, 6.07) is 2.17. The number of hydrogen-bond donors (Lipinski definition) is 2. The van der Waals surface area contributed by atoms with Gasteiger partial charge in [0, 0.05) is 45.9 Å². The van der Waals surface area contributed by atoms with Gasteiger partial charge in [0.2, 0.25) is 5.95 Å². The van der Waals surface area contributed by atoms with Crippen molar-refractivity contribution in [3.05, 3.63) is 6.07 Å². The van der Waals surface area contributed by atoms with Gasteiger partial charge in [-0.1, -0.05) is 26.7 Å². The number of methoxy groups -OCH3 is 1. The molecule has 0 radical (unpaired) electrons. The van der Waals surface area contributed by atoms with Gasteiger partial charge in [-0.15, -0.1) is 0 Å². The van der Waals surface area contributed by atoms with E-state index in [0.717, 1.165) is 37.8 Å². The molecule has 8 heteroatoms. The van der Waals surface area contributed by atoms with Crippen molar-refractivity contribution >= 4 is 34.9 Å². The highest BCUT2D eigenvalue weighted by Gasteiger charge is 2.24. The molecule has 0 spiro atoms. The highest BCUT2D eigenvalue weighted by Crippen LogP contribution is 2.29. The van der Waals surface area contributed by atoms with E-state index in [0.29, 0.717) is 36.0 Å². The van der Waals surface area contributed by atoms with Gasteiger partial charge >= 0.3 is 0 Å². The number of ether oxygens (including phenoxy) is 1. The Morgan fingerprint density at radius 2 is 1.69 bits per heavy atom. The van der Waals surface area contributed by atoms with Crippen molar-refractivity contribution < 1.29 is 4.74 Å². The number of nitrogens with zero attached hydrogens (tertiary/aromatic N) is 4. The third kappa shape index (κ3) is 6.67. The summed E-state index contributed by atoms with van der Waals surface area (Å²) in [4.78, 5) is 14.5. The highest BCUT2D eigenvalue weighted by molar-refractivity contribution is 7.80. The van der Waals surface area contributed by atoms with Gasteiger partial charge in [-0.25, -0.2) is 0 Å². The number of nitrogens with one attached hydrogen (secondary N) is 2. The van der Waals surface area contributed by atoms with Crippen molar-refractivity contribution in [1.82, 2.24) is 15.3 Å². The van der Waals surface area contributed by atoms with Crippen molar-refractivity contribution in [3.8, 4) is 0 Å². The van der Waals surface area contributed by atoms with E-state index in [1.807, 2.05) is 0 Å². The first-order chi connectivity index (χ1) is 14.0. The van der Waals surface area contributed by atoms with Gasteiger partial charge in [0.15, 0.2) is 5.11 Å². The number of rotatable bonds is 6. The van der Waals surface area contributed by atoms with Crippen LogP contribution < -0.4 is 20.4 Å². The second kappa shape index (κ2) is 10.9. The van der Waals surface area contributed by atoms with Crippen molar-refractivity contribution in [2.45, 2.75) is 46.0 Å². The summed E-state index contributed by atoms with van der Waals surface area (Å²) < 4.78 is 5.08. The first-order valence-electron chi connectivity index (χ1n) is 11.0. The predicted octanol–water partition coefficient (Wildman–Crippen LogP) is 3.27. The van der Waals surface area contributed by atoms with Gasteiger partial charge < -0.3 is 25.2 Å². The molecule has 3 rings (SSSR count). The fourth-order valence-corrected chi connectivity index (χ4v) is 4.56. The van der Waals surface area contributed by atoms with Gasteiger partial charge in [-0.3, -0.25) is 0 Å². The number of anilines is 3. The molecule has 2 fully saturated rings. The Morgan fingerprint density at radius 3 is 2.31 bits per heavy atom. The summed E-state index contributed by atoms with van der Waals surface area (Å²) in [5, 5.41) is 6.86. The van der Waals surface area contributed by atoms with E-state index in [9.17, 15) is 0 Å². The highest BCUT2D eigenvalue weighted by atomic mass is 32.1. The van der Waals surface area contributed by atoms with Crippen LogP contribution in [0.5, 0.6) is 0 Å². The van der Waals surface area contributed by atoms with E-state index < -0.39 is 0 Å². The fourth-order valence-electron chi connectivity index (χ4n) is 4.36. The largest absolute Gasteiger partial charge is 0.383 e. The standard InChI is InChI=1S/C21H36N6OS/c1-16-12-17(2)15-27(14-16)19-13-18(26-9-6-4-5-7-10-26)23-20(24-19)25-21(29)22-8-11-28-3/h13,16-17H,4-12,14-15H2,1-3H3,(H2,22,23,24,25,29)/t16-,17-/m0/s1. The molecule has 7 nitrogen and oxygen atoms in total. The zero-order valence-corrected chi connectivity index (χ0v) is 18.9. The number of aromatic nitrogens is 2. The summed E-state index contributed by atoms with van der Waals surface area (Å²) >= 11 is 5.42. The molecule has 0 aliphatic carbocycles. The predicted molar refractivity (Wildman–Crippen MR) is 124 cm³/mol. The summed E-state index contributed by atoms with van der Waals surface area (Å²) in [6.45, 7) is 10.1. The molecule has 162 valence electrons. The number of hydrogen-bond acceptors (Lipinski definition) is 6. The van der Waals surface area contributed by atoms with Crippen LogP contribution in [-0.2, 0) is 4.74 Å². The molecular weight excluding hydrogens is 384 g/mol. The monoisotopic (exact) mass is 420 g/mol. The molecule has 2 atom stereocenters. The lowest BCUT2D eigenvalue weighted by atomic mass is 9.92. The molecule has 1 aromatic heterocycles. The van der Waals surface area contributed by atoms with Gasteiger partial charge in [0.25, 0.3) is 0 Å². The van der Waals surface area contributed by atoms with Crippen LogP contribution in [0.3, 0.4) is 0 Å². The smallest absolute Gasteiger partial charge is 0.232 e. The molecule has 0 amide bonds. The van der Waals surface area contributed by atoms with Crippen LogP contribution in [0.15, 0.2) is 6.07 Å². The fraction of sp³-hybridized carbons (Fsp3) is 0.762. The molecule has 0 bridgehead atoms. The Hall–Kier alpha value is -1.67. The molecule has 2 N–H and O–H groups in total. The lowest BCUT2D eigenvalue weighted by Crippen LogP contribution is -2.39. The lowest BCUT2D eigenvalue weighted by Gasteiger charge is -2.36. The molecule has 3 heterocycles. The molecule has 2 aliphatic rings. The minimum atomic E-state index is 0.529. The minimum Gasteiger partial charge on any atom is -0.383 e. The zero-order valence-electron chi connectivity index (χ0n) is 18.1. The average molecular weight is 421 g/mol. The third-order valence-corrected chi connectivity index (χ3v) is 5.89. The van der Waals surface area contributed by atoms with Gasteiger partial charge in [-0.05, 0) is 43.3 Å². The topological polar surface area (TPSA) is 65.6 Å². The van der Waals surface area contributed by atoms with E-state index in [2.05, 4.69) is 40.3 Å². The minimum absolute atomic E-state index is 0.529. The summed E-state index contributed by atoms with van der Waals surface area (Å²) in [5.41, 5.74) is 0. The number of piperidine rings is 1. The van der Waals surface area contributed by atoms with E-state index in [1.54, 1.807) is 7.11 Å². The Labute approximate surface area is 180 Å². The molecule has 0 unspecified atom stereocenters. The first-order valence-corrected chi connectivity index (χ1v) is 11.4. The summed E-state index contributed by atoms with van der Waals surface area (Å²) in [5.74, 6) is 3.92. The first kappa shape index (κ1) is 22.0. The van der Waals surface area contributed by atoms with Gasteiger partial charge in [0.05, 0.1) is 6.61 Å². The van der Waals surface area contributed by atoms with Crippen LogP contribution >= 0.6 is 12.2 Å². The van der Waals surface area contributed by atoms with Crippen LogP contribution in [0, 0.1) is 11.8 Å². The maximum absolute atomic E-state index is 5.42. The Morgan fingerprint density at radius 1 is 1.07 bits per heavy atom. The maximum atomic E-state index is 5.42. The molecule has 2 aliphatic heterocycles. The van der Waals surface area contributed by atoms with Gasteiger partial charge in [-0.2, -0.15) is 9.97 Å². The summed E-state index contributed by atoms with van der Waals surface area (Å²) in [7, 11) is 1.68. The maximum Gasteiger partial charge on any atom is 0.232 e. The van der Waals surface area contributed by atoms with E-state index in [1.165, 1.54) is 32.1 Å². The Balaban J connectivity index is 1.82. The van der Waals surface area contributed by atoms with E-state index >= 15 is 0 Å². The second-order valence-electron chi connectivity index (χ2n) is 8.53.